The van der Waals surface area contributed by atoms with Gasteiger partial charge in [0.05, 0.1) is 16.9 Å². The summed E-state index contributed by atoms with van der Waals surface area (Å²) in [5.74, 6) is -0.388. The van der Waals surface area contributed by atoms with Crippen molar-refractivity contribution < 1.29 is 4.79 Å². The normalized spacial score (nSPS) is 10.2. The molecule has 0 unspecified atom stereocenters. The highest BCUT2D eigenvalue weighted by Crippen LogP contribution is 2.25. The first-order chi connectivity index (χ1) is 9.49. The van der Waals surface area contributed by atoms with Crippen molar-refractivity contribution in [2.75, 3.05) is 24.3 Å². The Morgan fingerprint density at radius 2 is 1.90 bits per heavy atom. The first kappa shape index (κ1) is 14.6. The lowest BCUT2D eigenvalue weighted by atomic mass is 10.2. The molecule has 1 aromatic heterocycles. The molecule has 0 bridgehead atoms. The third kappa shape index (κ3) is 3.18. The van der Waals surface area contributed by atoms with Crippen molar-refractivity contribution in [3.63, 3.8) is 0 Å². The maximum Gasteiger partial charge on any atom is 0.259 e. The van der Waals surface area contributed by atoms with Gasteiger partial charge in [-0.3, -0.25) is 4.79 Å². The van der Waals surface area contributed by atoms with E-state index in [2.05, 4.69) is 15.5 Å². The van der Waals surface area contributed by atoms with Crippen LogP contribution in [0.2, 0.25) is 10.3 Å². The van der Waals surface area contributed by atoms with Crippen molar-refractivity contribution in [2.45, 2.75) is 0 Å². The van der Waals surface area contributed by atoms with E-state index < -0.39 is 0 Å². The lowest BCUT2D eigenvalue weighted by molar-refractivity contribution is 0.102. The van der Waals surface area contributed by atoms with Crippen LogP contribution >= 0.6 is 23.2 Å². The molecule has 1 aromatic carbocycles. The van der Waals surface area contributed by atoms with Crippen LogP contribution in [0, 0.1) is 0 Å². The van der Waals surface area contributed by atoms with Gasteiger partial charge in [-0.15, -0.1) is 10.2 Å². The molecule has 5 nitrogen and oxygen atoms in total. The van der Waals surface area contributed by atoms with Gasteiger partial charge in [0.1, 0.15) is 0 Å². The standard InChI is InChI=1S/C13H12Cl2N4O/c1-19(2)10-6-4-3-5-9(10)16-13(20)8-7-11(14)17-18-12(8)15/h3-7H,1-2H3,(H,16,20). The van der Waals surface area contributed by atoms with Crippen LogP contribution in [0.3, 0.4) is 0 Å². The molecule has 2 rings (SSSR count). The Morgan fingerprint density at radius 1 is 1.20 bits per heavy atom. The number of carbonyl (C=O) groups excluding carboxylic acids is 1. The number of hydrogen-bond acceptors (Lipinski definition) is 4. The molecule has 104 valence electrons. The van der Waals surface area contributed by atoms with Crippen molar-refractivity contribution in [1.29, 1.82) is 0 Å². The van der Waals surface area contributed by atoms with E-state index in [0.717, 1.165) is 5.69 Å². The van der Waals surface area contributed by atoms with E-state index >= 15 is 0 Å². The highest BCUT2D eigenvalue weighted by Gasteiger charge is 2.15. The summed E-state index contributed by atoms with van der Waals surface area (Å²) in [6.07, 6.45) is 0. The molecule has 1 amide bonds. The molecule has 0 spiro atoms. The molecule has 0 aliphatic carbocycles. The minimum Gasteiger partial charge on any atom is -0.376 e. The number of hydrogen-bond donors (Lipinski definition) is 1. The lowest BCUT2D eigenvalue weighted by Gasteiger charge is -2.17. The average Bonchev–Trinajstić information content (AvgIpc) is 2.41. The third-order valence-electron chi connectivity index (χ3n) is 2.60. The number of anilines is 2. The smallest absolute Gasteiger partial charge is 0.259 e. The molecule has 0 aliphatic heterocycles. The number of halogens is 2. The van der Waals surface area contributed by atoms with Gasteiger partial charge in [0.2, 0.25) is 0 Å². The molecule has 0 saturated carbocycles. The highest BCUT2D eigenvalue weighted by molar-refractivity contribution is 6.34. The second kappa shape index (κ2) is 6.07. The summed E-state index contributed by atoms with van der Waals surface area (Å²) in [6, 6.07) is 8.81. The Balaban J connectivity index is 2.31. The summed E-state index contributed by atoms with van der Waals surface area (Å²) in [6.45, 7) is 0. The first-order valence-electron chi connectivity index (χ1n) is 5.75. The van der Waals surface area contributed by atoms with Crippen molar-refractivity contribution in [1.82, 2.24) is 10.2 Å². The van der Waals surface area contributed by atoms with Crippen molar-refractivity contribution in [2.24, 2.45) is 0 Å². The number of benzene rings is 1. The maximum atomic E-state index is 12.2. The van der Waals surface area contributed by atoms with E-state index in [1.165, 1.54) is 6.07 Å². The van der Waals surface area contributed by atoms with Gasteiger partial charge in [-0.05, 0) is 18.2 Å². The molecule has 0 radical (unpaired) electrons. The molecule has 20 heavy (non-hydrogen) atoms. The van der Waals surface area contributed by atoms with E-state index in [4.69, 9.17) is 23.2 Å². The summed E-state index contributed by atoms with van der Waals surface area (Å²) in [5, 5.41) is 10.1. The zero-order valence-electron chi connectivity index (χ0n) is 10.9. The van der Waals surface area contributed by atoms with Crippen molar-refractivity contribution >= 4 is 40.5 Å². The van der Waals surface area contributed by atoms with E-state index in [1.54, 1.807) is 6.07 Å². The summed E-state index contributed by atoms with van der Waals surface area (Å²) in [4.78, 5) is 14.1. The van der Waals surface area contributed by atoms with Gasteiger partial charge in [-0.2, -0.15) is 0 Å². The second-order valence-corrected chi connectivity index (χ2v) is 4.98. The molecule has 0 aliphatic rings. The minimum absolute atomic E-state index is 0.00855. The number of nitrogens with one attached hydrogen (secondary N) is 1. The zero-order valence-corrected chi connectivity index (χ0v) is 12.4. The van der Waals surface area contributed by atoms with Crippen LogP contribution in [-0.2, 0) is 0 Å². The highest BCUT2D eigenvalue weighted by atomic mass is 35.5. The van der Waals surface area contributed by atoms with Crippen LogP contribution in [0.15, 0.2) is 30.3 Å². The van der Waals surface area contributed by atoms with Gasteiger partial charge in [0.25, 0.3) is 5.91 Å². The molecule has 1 N–H and O–H groups in total. The molecule has 0 saturated heterocycles. The topological polar surface area (TPSA) is 58.1 Å². The van der Waals surface area contributed by atoms with E-state index in [9.17, 15) is 4.79 Å². The molecule has 0 fully saturated rings. The van der Waals surface area contributed by atoms with Gasteiger partial charge in [0.15, 0.2) is 10.3 Å². The predicted octanol–water partition coefficient (Wildman–Crippen LogP) is 3.10. The Bertz CT molecular complexity index is 646. The number of nitrogens with zero attached hydrogens (tertiary/aromatic N) is 3. The van der Waals surface area contributed by atoms with Crippen LogP contribution in [-0.4, -0.2) is 30.2 Å². The Labute approximate surface area is 126 Å². The molecular weight excluding hydrogens is 299 g/mol. The van der Waals surface area contributed by atoms with Crippen molar-refractivity contribution in [3.8, 4) is 0 Å². The molecule has 0 atom stereocenters. The fraction of sp³-hybridized carbons (Fsp3) is 0.154. The number of aromatic nitrogens is 2. The van der Waals surface area contributed by atoms with Gasteiger partial charge < -0.3 is 10.2 Å². The third-order valence-corrected chi connectivity index (χ3v) is 3.06. The number of rotatable bonds is 3. The Hall–Kier alpha value is -1.85. The summed E-state index contributed by atoms with van der Waals surface area (Å²) >= 11 is 11.6. The Morgan fingerprint density at radius 3 is 2.60 bits per heavy atom. The minimum atomic E-state index is -0.388. The fourth-order valence-corrected chi connectivity index (χ4v) is 2.00. The Kier molecular flexibility index (Phi) is 4.42. The molecule has 7 heteroatoms. The molecular formula is C13H12Cl2N4O. The van der Waals surface area contributed by atoms with Gasteiger partial charge in [0, 0.05) is 14.1 Å². The summed E-state index contributed by atoms with van der Waals surface area (Å²) in [5.41, 5.74) is 1.73. The summed E-state index contributed by atoms with van der Waals surface area (Å²) in [7, 11) is 3.78. The second-order valence-electron chi connectivity index (χ2n) is 4.24. The lowest BCUT2D eigenvalue weighted by Crippen LogP contribution is -2.17. The fourth-order valence-electron chi connectivity index (χ4n) is 1.67. The van der Waals surface area contributed by atoms with E-state index in [0.29, 0.717) is 5.69 Å². The zero-order chi connectivity index (χ0) is 14.7. The number of carbonyl (C=O) groups is 1. The monoisotopic (exact) mass is 310 g/mol. The average molecular weight is 311 g/mol. The predicted molar refractivity (Wildman–Crippen MR) is 80.8 cm³/mol. The first-order valence-corrected chi connectivity index (χ1v) is 6.51. The van der Waals surface area contributed by atoms with Crippen LogP contribution in [0.5, 0.6) is 0 Å². The molecule has 1 heterocycles. The van der Waals surface area contributed by atoms with Crippen molar-refractivity contribution in [3.05, 3.63) is 46.2 Å². The largest absolute Gasteiger partial charge is 0.376 e. The van der Waals surface area contributed by atoms with Crippen LogP contribution in [0.25, 0.3) is 0 Å². The van der Waals surface area contributed by atoms with E-state index in [1.807, 2.05) is 37.2 Å². The summed E-state index contributed by atoms with van der Waals surface area (Å²) < 4.78 is 0. The maximum absolute atomic E-state index is 12.2. The van der Waals surface area contributed by atoms with Crippen LogP contribution in [0.1, 0.15) is 10.4 Å². The van der Waals surface area contributed by atoms with E-state index in [-0.39, 0.29) is 21.8 Å². The van der Waals surface area contributed by atoms with Crippen LogP contribution < -0.4 is 10.2 Å². The SMILES string of the molecule is CN(C)c1ccccc1NC(=O)c1cc(Cl)nnc1Cl. The quantitative estimate of drug-likeness (QED) is 0.946. The van der Waals surface area contributed by atoms with Gasteiger partial charge in [-0.1, -0.05) is 35.3 Å². The van der Waals surface area contributed by atoms with Gasteiger partial charge >= 0.3 is 0 Å². The number of para-hydroxylation sites is 2. The molecule has 2 aromatic rings. The number of amides is 1. The van der Waals surface area contributed by atoms with Crippen LogP contribution in [0.4, 0.5) is 11.4 Å². The van der Waals surface area contributed by atoms with Gasteiger partial charge in [-0.25, -0.2) is 0 Å².